The van der Waals surface area contributed by atoms with Crippen molar-refractivity contribution in [2.24, 2.45) is 0 Å². The van der Waals surface area contributed by atoms with E-state index in [-0.39, 0.29) is 56.8 Å². The molecule has 0 unspecified atom stereocenters. The molecule has 0 aliphatic heterocycles. The second-order valence-corrected chi connectivity index (χ2v) is 10.8. The Hall–Kier alpha value is -2.51. The van der Waals surface area contributed by atoms with E-state index >= 15 is 0 Å². The van der Waals surface area contributed by atoms with Gasteiger partial charge >= 0.3 is 37.1 Å². The van der Waals surface area contributed by atoms with E-state index in [1.807, 2.05) is 0 Å². The van der Waals surface area contributed by atoms with Crippen molar-refractivity contribution in [3.8, 4) is 0 Å². The summed E-state index contributed by atoms with van der Waals surface area (Å²) < 4.78 is 244. The van der Waals surface area contributed by atoms with Gasteiger partial charge in [-0.25, -0.2) is 0 Å². The third-order valence-corrected chi connectivity index (χ3v) is 7.82. The molecular formula is C24H9F18PPd. The minimum absolute atomic E-state index is 0. The summed E-state index contributed by atoms with van der Waals surface area (Å²) in [6.07, 6.45) is -34.0. The second kappa shape index (κ2) is 12.0. The maximum absolute atomic E-state index is 13.5. The van der Waals surface area contributed by atoms with Gasteiger partial charge in [0, 0.05) is 20.4 Å². The molecule has 3 aromatic carbocycles. The van der Waals surface area contributed by atoms with Crippen LogP contribution in [0.1, 0.15) is 33.4 Å². The third kappa shape index (κ3) is 8.81. The molecule has 3 aromatic rings. The molecule has 0 saturated carbocycles. The van der Waals surface area contributed by atoms with Gasteiger partial charge in [0.25, 0.3) is 0 Å². The Bertz CT molecular complexity index is 1210. The predicted octanol–water partition coefficient (Wildman–Crippen LogP) is 9.56. The zero-order valence-electron chi connectivity index (χ0n) is 20.3. The van der Waals surface area contributed by atoms with Crippen molar-refractivity contribution in [2.75, 3.05) is 0 Å². The van der Waals surface area contributed by atoms with E-state index in [0.717, 1.165) is 0 Å². The van der Waals surface area contributed by atoms with Crippen LogP contribution < -0.4 is 15.9 Å². The molecule has 3 rings (SSSR count). The molecule has 0 fully saturated rings. The number of hydrogen-bond acceptors (Lipinski definition) is 0. The molecule has 0 bridgehead atoms. The molecule has 0 atom stereocenters. The van der Waals surface area contributed by atoms with Gasteiger partial charge < -0.3 is 0 Å². The number of benzene rings is 3. The zero-order valence-corrected chi connectivity index (χ0v) is 22.7. The minimum atomic E-state index is -5.66. The largest absolute Gasteiger partial charge is 0.416 e. The van der Waals surface area contributed by atoms with Gasteiger partial charge in [-0.15, -0.1) is 0 Å². The fourth-order valence-corrected chi connectivity index (χ4v) is 6.15. The normalized spacial score (nSPS) is 13.7. The van der Waals surface area contributed by atoms with E-state index in [9.17, 15) is 79.0 Å². The van der Waals surface area contributed by atoms with E-state index in [1.54, 1.807) is 0 Å². The topological polar surface area (TPSA) is 0 Å². The summed E-state index contributed by atoms with van der Waals surface area (Å²) in [5.41, 5.74) is -13.1. The van der Waals surface area contributed by atoms with Crippen LogP contribution in [-0.2, 0) is 57.5 Å². The van der Waals surface area contributed by atoms with E-state index in [4.69, 9.17) is 0 Å². The predicted molar refractivity (Wildman–Crippen MR) is 115 cm³/mol. The van der Waals surface area contributed by atoms with Crippen molar-refractivity contribution in [1.29, 1.82) is 0 Å². The van der Waals surface area contributed by atoms with E-state index in [1.165, 1.54) is 0 Å². The monoisotopic (exact) mass is 776 g/mol. The number of hydrogen-bond donors (Lipinski definition) is 0. The summed E-state index contributed by atoms with van der Waals surface area (Å²) in [4.78, 5) is 0. The molecule has 0 aromatic heterocycles. The Morgan fingerprint density at radius 3 is 0.523 bits per heavy atom. The smallest absolute Gasteiger partial charge is 0.166 e. The van der Waals surface area contributed by atoms with Crippen molar-refractivity contribution in [3.63, 3.8) is 0 Å². The fourth-order valence-electron chi connectivity index (χ4n) is 3.65. The molecule has 20 heteroatoms. The SMILES string of the molecule is FC(F)(F)c1cc(P(c2cc(C(F)(F)F)cc(C(F)(F)F)c2)c2cc(C(F)(F)F)cc(C(F)(F)F)c2)cc(C(F)(F)F)c1.[Pd]. The Morgan fingerprint density at radius 2 is 0.409 bits per heavy atom. The van der Waals surface area contributed by atoms with Crippen LogP contribution in [0.15, 0.2) is 54.6 Å². The molecular weight excluding hydrogens is 768 g/mol. The number of rotatable bonds is 3. The van der Waals surface area contributed by atoms with Gasteiger partial charge in [-0.2, -0.15) is 79.0 Å². The molecule has 0 saturated heterocycles. The van der Waals surface area contributed by atoms with Gasteiger partial charge in [0.2, 0.25) is 0 Å². The standard InChI is InChI=1S/C24H9F18P.Pd/c25-19(26,27)10-1-11(20(28,29)30)5-16(4-10)43(17-6-12(21(31,32)33)2-13(7-17)22(34,35)36)18-8-14(23(37,38)39)3-15(9-18)24(40,41)42;/h1-9H;. The molecule has 0 aliphatic rings. The van der Waals surface area contributed by atoms with Crippen molar-refractivity contribution < 1.29 is 99.5 Å². The molecule has 0 N–H and O–H groups in total. The van der Waals surface area contributed by atoms with Gasteiger partial charge in [-0.3, -0.25) is 0 Å². The first-order chi connectivity index (χ1) is 19.1. The second-order valence-electron chi connectivity index (χ2n) is 8.63. The van der Waals surface area contributed by atoms with Crippen molar-refractivity contribution in [2.45, 2.75) is 37.1 Å². The van der Waals surface area contributed by atoms with Crippen LogP contribution in [0.3, 0.4) is 0 Å². The van der Waals surface area contributed by atoms with Gasteiger partial charge in [0.15, 0.2) is 0 Å². The van der Waals surface area contributed by atoms with Crippen LogP contribution in [-0.4, -0.2) is 0 Å². The first-order valence-corrected chi connectivity index (χ1v) is 12.1. The average Bonchev–Trinajstić information content (AvgIpc) is 2.80. The minimum Gasteiger partial charge on any atom is -0.166 e. The van der Waals surface area contributed by atoms with Gasteiger partial charge in [0.05, 0.1) is 33.4 Å². The van der Waals surface area contributed by atoms with E-state index < -0.39 is 112 Å². The van der Waals surface area contributed by atoms with Crippen molar-refractivity contribution in [1.82, 2.24) is 0 Å². The average molecular weight is 777 g/mol. The molecule has 44 heavy (non-hydrogen) atoms. The summed E-state index contributed by atoms with van der Waals surface area (Å²) in [5, 5.41) is -4.34. The van der Waals surface area contributed by atoms with E-state index in [2.05, 4.69) is 0 Å². The van der Waals surface area contributed by atoms with Crippen LogP contribution in [0.5, 0.6) is 0 Å². The Morgan fingerprint density at radius 1 is 0.273 bits per heavy atom. The molecule has 0 spiro atoms. The van der Waals surface area contributed by atoms with Crippen LogP contribution >= 0.6 is 7.92 Å². The number of halogens is 18. The van der Waals surface area contributed by atoms with Crippen LogP contribution in [0.2, 0.25) is 0 Å². The van der Waals surface area contributed by atoms with Gasteiger partial charge in [-0.1, -0.05) is 0 Å². The van der Waals surface area contributed by atoms with Crippen LogP contribution in [0.25, 0.3) is 0 Å². The zero-order chi connectivity index (χ0) is 33.1. The first kappa shape index (κ1) is 37.7. The summed E-state index contributed by atoms with van der Waals surface area (Å²) >= 11 is 0. The van der Waals surface area contributed by atoms with Gasteiger partial charge in [0.1, 0.15) is 0 Å². The Kier molecular flexibility index (Phi) is 10.3. The summed E-state index contributed by atoms with van der Waals surface area (Å²) in [7, 11) is -3.83. The molecule has 0 amide bonds. The Balaban J connectivity index is 0.00000675. The summed E-state index contributed by atoms with van der Waals surface area (Å²) in [6, 6.07) is -2.75. The molecule has 0 radical (unpaired) electrons. The molecule has 0 aliphatic carbocycles. The van der Waals surface area contributed by atoms with Crippen LogP contribution in [0.4, 0.5) is 79.0 Å². The Labute approximate surface area is 248 Å². The summed E-state index contributed by atoms with van der Waals surface area (Å²) in [5.74, 6) is 0. The quantitative estimate of drug-likeness (QED) is 0.141. The maximum atomic E-state index is 13.5. The fraction of sp³-hybridized carbons (Fsp3) is 0.250. The van der Waals surface area contributed by atoms with Crippen molar-refractivity contribution >= 4 is 23.8 Å². The number of alkyl halides is 18. The van der Waals surface area contributed by atoms with Crippen molar-refractivity contribution in [3.05, 3.63) is 88.0 Å². The van der Waals surface area contributed by atoms with Crippen LogP contribution in [0, 0.1) is 0 Å². The first-order valence-electron chi connectivity index (χ1n) is 10.8. The molecule has 0 nitrogen and oxygen atoms in total. The third-order valence-electron chi connectivity index (χ3n) is 5.49. The van der Waals surface area contributed by atoms with E-state index in [0.29, 0.717) is 0 Å². The summed E-state index contributed by atoms with van der Waals surface area (Å²) in [6.45, 7) is 0. The van der Waals surface area contributed by atoms with Gasteiger partial charge in [-0.05, 0) is 78.4 Å². The maximum Gasteiger partial charge on any atom is 0.416 e. The molecule has 0 heterocycles. The molecule has 246 valence electrons.